The first-order valence-corrected chi connectivity index (χ1v) is 11.7. The van der Waals surface area contributed by atoms with Crippen LogP contribution in [0.2, 0.25) is 0 Å². The lowest BCUT2D eigenvalue weighted by Gasteiger charge is -2.03. The van der Waals surface area contributed by atoms with Crippen molar-refractivity contribution in [1.82, 2.24) is 24.5 Å². The van der Waals surface area contributed by atoms with Gasteiger partial charge in [0, 0.05) is 25.2 Å². The number of hydrogen-bond acceptors (Lipinski definition) is 8. The van der Waals surface area contributed by atoms with Gasteiger partial charge in [0.05, 0.1) is 36.3 Å². The van der Waals surface area contributed by atoms with Gasteiger partial charge in [-0.15, -0.1) is 0 Å². The predicted octanol–water partition coefficient (Wildman–Crippen LogP) is 3.05. The number of anilines is 1. The van der Waals surface area contributed by atoms with Crippen LogP contribution in [-0.4, -0.2) is 48.6 Å². The van der Waals surface area contributed by atoms with Gasteiger partial charge >= 0.3 is 8.25 Å². The normalized spacial score (nSPS) is 12.1. The molecule has 178 valence electrons. The van der Waals surface area contributed by atoms with Gasteiger partial charge in [0.25, 0.3) is 5.91 Å². The van der Waals surface area contributed by atoms with E-state index >= 15 is 0 Å². The van der Waals surface area contributed by atoms with Crippen molar-refractivity contribution in [2.75, 3.05) is 18.5 Å². The maximum Gasteiger partial charge on any atom is 0.318 e. The van der Waals surface area contributed by atoms with Crippen LogP contribution in [0, 0.1) is 0 Å². The number of aromatic nitrogens is 5. The Balaban J connectivity index is 1.50. The van der Waals surface area contributed by atoms with Crippen molar-refractivity contribution in [1.29, 1.82) is 0 Å². The standard InChI is InChI=1S/C21H23N6O6P/c1-2-31-10-9-26-13-17(20(25-26)16-5-3-4-8-22-16)24-21(28)19-7-6-18(33-19)15-11-23-27(12-15)14-32-34(29)30/h3-8,11-13,34H,2,9-10,14H2,1H3,(H,24,28)(H,29,30). The fraction of sp³-hybridized carbons (Fsp3) is 0.238. The molecule has 0 aliphatic heterocycles. The zero-order valence-electron chi connectivity index (χ0n) is 18.2. The summed E-state index contributed by atoms with van der Waals surface area (Å²) in [4.78, 5) is 26.0. The number of pyridine rings is 1. The molecule has 4 aromatic rings. The first-order chi connectivity index (χ1) is 16.5. The number of ether oxygens (including phenoxy) is 1. The van der Waals surface area contributed by atoms with Gasteiger partial charge < -0.3 is 19.4 Å². The summed E-state index contributed by atoms with van der Waals surface area (Å²) in [7, 11) is -3.06. The number of nitrogens with one attached hydrogen (secondary N) is 1. The Morgan fingerprint density at radius 2 is 2.12 bits per heavy atom. The van der Waals surface area contributed by atoms with Crippen molar-refractivity contribution in [3.63, 3.8) is 0 Å². The van der Waals surface area contributed by atoms with Crippen LogP contribution in [0.25, 0.3) is 22.7 Å². The van der Waals surface area contributed by atoms with Crippen molar-refractivity contribution >= 4 is 19.8 Å². The first kappa shape index (κ1) is 23.6. The highest BCUT2D eigenvalue weighted by molar-refractivity contribution is 7.32. The zero-order valence-corrected chi connectivity index (χ0v) is 19.2. The van der Waals surface area contributed by atoms with Gasteiger partial charge in [0.2, 0.25) is 0 Å². The summed E-state index contributed by atoms with van der Waals surface area (Å²) in [6, 6.07) is 8.64. The van der Waals surface area contributed by atoms with Crippen LogP contribution in [-0.2, 0) is 27.1 Å². The second kappa shape index (κ2) is 11.0. The van der Waals surface area contributed by atoms with Crippen LogP contribution in [0.3, 0.4) is 0 Å². The van der Waals surface area contributed by atoms with Crippen LogP contribution in [0.4, 0.5) is 5.69 Å². The molecule has 1 unspecified atom stereocenters. The molecule has 0 aromatic carbocycles. The lowest BCUT2D eigenvalue weighted by atomic mass is 10.2. The van der Waals surface area contributed by atoms with E-state index < -0.39 is 14.2 Å². The molecule has 0 fully saturated rings. The summed E-state index contributed by atoms with van der Waals surface area (Å²) in [5.41, 5.74) is 2.22. The second-order valence-electron chi connectivity index (χ2n) is 6.99. The molecule has 4 rings (SSSR count). The minimum Gasteiger partial charge on any atom is -0.451 e. The smallest absolute Gasteiger partial charge is 0.318 e. The molecule has 0 bridgehead atoms. The summed E-state index contributed by atoms with van der Waals surface area (Å²) in [6.45, 7) is 3.36. The number of hydrogen-bond donors (Lipinski definition) is 2. The molecule has 1 atom stereocenters. The number of furan rings is 1. The zero-order chi connectivity index (χ0) is 23.9. The summed E-state index contributed by atoms with van der Waals surface area (Å²) >= 11 is 0. The molecule has 0 aliphatic carbocycles. The maximum absolute atomic E-state index is 12.9. The van der Waals surface area contributed by atoms with Crippen LogP contribution < -0.4 is 5.32 Å². The third kappa shape index (κ3) is 5.86. The molecule has 12 nitrogen and oxygen atoms in total. The Morgan fingerprint density at radius 3 is 2.88 bits per heavy atom. The molecule has 1 amide bonds. The van der Waals surface area contributed by atoms with E-state index in [1.807, 2.05) is 19.1 Å². The molecule has 2 N–H and O–H groups in total. The summed E-state index contributed by atoms with van der Waals surface area (Å²) in [6.07, 6.45) is 6.46. The van der Waals surface area contributed by atoms with Crippen LogP contribution in [0.15, 0.2) is 59.5 Å². The molecule has 4 heterocycles. The summed E-state index contributed by atoms with van der Waals surface area (Å²) in [5, 5.41) is 11.4. The molecule has 34 heavy (non-hydrogen) atoms. The van der Waals surface area contributed by atoms with Crippen molar-refractivity contribution in [2.24, 2.45) is 0 Å². The lowest BCUT2D eigenvalue weighted by Crippen LogP contribution is -2.11. The summed E-state index contributed by atoms with van der Waals surface area (Å²) in [5.74, 6) is 0.0428. The minimum atomic E-state index is -3.06. The van der Waals surface area contributed by atoms with Crippen molar-refractivity contribution in [3.8, 4) is 22.7 Å². The van der Waals surface area contributed by atoms with Crippen molar-refractivity contribution in [3.05, 3.63) is 60.9 Å². The third-order valence-corrected chi connectivity index (χ3v) is 5.03. The number of amides is 1. The topological polar surface area (TPSA) is 147 Å². The average Bonchev–Trinajstić information content (AvgIpc) is 3.58. The number of carbonyl (C=O) groups excluding carboxylic acids is 1. The molecular weight excluding hydrogens is 463 g/mol. The van der Waals surface area contributed by atoms with Gasteiger partial charge in [-0.3, -0.25) is 23.5 Å². The van der Waals surface area contributed by atoms with Crippen LogP contribution in [0.1, 0.15) is 17.5 Å². The van der Waals surface area contributed by atoms with E-state index in [9.17, 15) is 9.36 Å². The highest BCUT2D eigenvalue weighted by Gasteiger charge is 2.19. The predicted molar refractivity (Wildman–Crippen MR) is 122 cm³/mol. The van der Waals surface area contributed by atoms with Gasteiger partial charge in [-0.25, -0.2) is 4.68 Å². The Kier molecular flexibility index (Phi) is 7.65. The van der Waals surface area contributed by atoms with E-state index in [2.05, 4.69) is 25.0 Å². The Labute approximate surface area is 195 Å². The number of nitrogens with zero attached hydrogens (tertiary/aromatic N) is 5. The lowest BCUT2D eigenvalue weighted by molar-refractivity contribution is 0.0997. The van der Waals surface area contributed by atoms with Gasteiger partial charge in [-0.2, -0.15) is 10.2 Å². The van der Waals surface area contributed by atoms with E-state index in [0.717, 1.165) is 0 Å². The van der Waals surface area contributed by atoms with E-state index in [-0.39, 0.29) is 12.5 Å². The fourth-order valence-corrected chi connectivity index (χ4v) is 3.35. The first-order valence-electron chi connectivity index (χ1n) is 10.4. The van der Waals surface area contributed by atoms with E-state index in [0.29, 0.717) is 48.2 Å². The average molecular weight is 486 g/mol. The highest BCUT2D eigenvalue weighted by atomic mass is 31.1. The largest absolute Gasteiger partial charge is 0.451 e. The molecule has 0 aliphatic rings. The van der Waals surface area contributed by atoms with Gasteiger partial charge in [-0.05, 0) is 31.2 Å². The summed E-state index contributed by atoms with van der Waals surface area (Å²) < 4.78 is 29.5. The maximum atomic E-state index is 12.9. The third-order valence-electron chi connectivity index (χ3n) is 4.65. The Morgan fingerprint density at radius 1 is 1.24 bits per heavy atom. The van der Waals surface area contributed by atoms with Gasteiger partial charge in [-0.1, -0.05) is 6.07 Å². The quantitative estimate of drug-likeness (QED) is 0.241. The monoisotopic (exact) mass is 486 g/mol. The number of rotatable bonds is 11. The Hall–Kier alpha value is -3.57. The molecule has 0 saturated heterocycles. The van der Waals surface area contributed by atoms with Gasteiger partial charge in [0.1, 0.15) is 18.2 Å². The van der Waals surface area contributed by atoms with E-state index in [4.69, 9.17) is 14.0 Å². The molecule has 0 saturated carbocycles. The van der Waals surface area contributed by atoms with Crippen molar-refractivity contribution < 1.29 is 27.9 Å². The minimum absolute atomic E-state index is 0.0912. The number of carbonyl (C=O) groups is 1. The molecule has 13 heteroatoms. The van der Waals surface area contributed by atoms with E-state index in [1.54, 1.807) is 41.5 Å². The molecule has 0 spiro atoms. The Bertz CT molecular complexity index is 1270. The second-order valence-corrected chi connectivity index (χ2v) is 7.81. The van der Waals surface area contributed by atoms with Crippen LogP contribution >= 0.6 is 8.25 Å². The van der Waals surface area contributed by atoms with Crippen LogP contribution in [0.5, 0.6) is 0 Å². The molecular formula is C21H23N6O6P. The molecule has 0 radical (unpaired) electrons. The van der Waals surface area contributed by atoms with Crippen molar-refractivity contribution in [2.45, 2.75) is 20.2 Å². The van der Waals surface area contributed by atoms with E-state index in [1.165, 1.54) is 10.9 Å². The van der Waals surface area contributed by atoms with Gasteiger partial charge in [0.15, 0.2) is 5.76 Å². The fourth-order valence-electron chi connectivity index (χ4n) is 3.10. The molecule has 4 aromatic heterocycles. The SMILES string of the molecule is CCOCCn1cc(NC(=O)c2ccc(-c3cnn(CO[PH](=O)O)c3)o2)c(-c2ccccn2)n1. The highest BCUT2D eigenvalue weighted by Crippen LogP contribution is 2.27.